The molecule has 2 aromatic carbocycles. The molecule has 0 atom stereocenters. The molecular formula is C28H28N2O5. The van der Waals surface area contributed by atoms with Crippen molar-refractivity contribution in [2.75, 3.05) is 7.11 Å². The average Bonchev–Trinajstić information content (AvgIpc) is 3.51. The van der Waals surface area contributed by atoms with E-state index in [1.54, 1.807) is 30.4 Å². The quantitative estimate of drug-likeness (QED) is 0.275. The van der Waals surface area contributed by atoms with Crippen molar-refractivity contribution >= 4 is 12.0 Å². The number of ether oxygens (including phenoxy) is 2. The Morgan fingerprint density at radius 3 is 2.54 bits per heavy atom. The van der Waals surface area contributed by atoms with Crippen LogP contribution in [0.25, 0.3) is 6.08 Å². The van der Waals surface area contributed by atoms with E-state index >= 15 is 0 Å². The number of rotatable bonds is 10. The molecule has 0 saturated heterocycles. The second kappa shape index (κ2) is 11.2. The fourth-order valence-corrected chi connectivity index (χ4v) is 3.64. The molecule has 7 heteroatoms. The van der Waals surface area contributed by atoms with Crippen LogP contribution in [0, 0.1) is 13.8 Å². The molecule has 180 valence electrons. The third-order valence-corrected chi connectivity index (χ3v) is 5.61. The van der Waals surface area contributed by atoms with Gasteiger partial charge < -0.3 is 23.3 Å². The van der Waals surface area contributed by atoms with Gasteiger partial charge in [-0.2, -0.15) is 0 Å². The van der Waals surface area contributed by atoms with Gasteiger partial charge in [0.2, 0.25) is 5.91 Å². The van der Waals surface area contributed by atoms with Gasteiger partial charge in [-0.1, -0.05) is 41.6 Å². The van der Waals surface area contributed by atoms with Gasteiger partial charge >= 0.3 is 0 Å². The summed E-state index contributed by atoms with van der Waals surface area (Å²) >= 11 is 0. The Balaban J connectivity index is 1.46. The third kappa shape index (κ3) is 6.20. The largest absolute Gasteiger partial charge is 0.493 e. The number of hydrogen-bond donors (Lipinski definition) is 0. The molecule has 0 N–H and O–H groups in total. The van der Waals surface area contributed by atoms with Crippen LogP contribution in [0.15, 0.2) is 81.9 Å². The summed E-state index contributed by atoms with van der Waals surface area (Å²) in [6, 6.07) is 19.1. The second-order valence-electron chi connectivity index (χ2n) is 8.09. The number of hydrogen-bond acceptors (Lipinski definition) is 6. The van der Waals surface area contributed by atoms with E-state index in [0.717, 1.165) is 33.9 Å². The summed E-state index contributed by atoms with van der Waals surface area (Å²) in [5.41, 5.74) is 3.57. The van der Waals surface area contributed by atoms with Crippen molar-refractivity contribution in [1.29, 1.82) is 0 Å². The average molecular weight is 473 g/mol. The molecule has 4 aromatic rings. The molecule has 2 heterocycles. The summed E-state index contributed by atoms with van der Waals surface area (Å²) in [4.78, 5) is 14.8. The molecule has 0 aliphatic carbocycles. The maximum Gasteiger partial charge on any atom is 0.247 e. The van der Waals surface area contributed by atoms with Gasteiger partial charge in [-0.05, 0) is 55.3 Å². The lowest BCUT2D eigenvalue weighted by atomic mass is 10.1. The smallest absolute Gasteiger partial charge is 0.247 e. The number of aryl methyl sites for hydroxylation is 2. The van der Waals surface area contributed by atoms with E-state index < -0.39 is 0 Å². The molecule has 0 saturated carbocycles. The van der Waals surface area contributed by atoms with Crippen molar-refractivity contribution < 1.29 is 23.2 Å². The van der Waals surface area contributed by atoms with E-state index in [1.165, 1.54) is 0 Å². The van der Waals surface area contributed by atoms with Crippen molar-refractivity contribution in [2.45, 2.75) is 33.5 Å². The van der Waals surface area contributed by atoms with E-state index in [9.17, 15) is 4.79 Å². The fourth-order valence-electron chi connectivity index (χ4n) is 3.64. The van der Waals surface area contributed by atoms with E-state index in [0.29, 0.717) is 31.2 Å². The molecule has 0 aliphatic heterocycles. The monoisotopic (exact) mass is 472 g/mol. The number of nitrogens with zero attached hydrogens (tertiary/aromatic N) is 2. The van der Waals surface area contributed by atoms with Crippen LogP contribution in [0.5, 0.6) is 11.5 Å². The van der Waals surface area contributed by atoms with Crippen molar-refractivity contribution in [2.24, 2.45) is 0 Å². The standard InChI is InChI=1S/C28H28N2O5/c1-20-25(21(2)35-29-20)19-34-26-13-11-22(16-27(26)32-3)12-14-28(31)30(18-24-10-7-15-33-24)17-23-8-5-4-6-9-23/h4-16H,17-19H2,1-3H3/b14-12+. The minimum atomic E-state index is -0.122. The Morgan fingerprint density at radius 1 is 1.03 bits per heavy atom. The van der Waals surface area contributed by atoms with E-state index in [-0.39, 0.29) is 5.91 Å². The maximum atomic E-state index is 13.1. The van der Waals surface area contributed by atoms with Gasteiger partial charge in [0.1, 0.15) is 18.1 Å². The SMILES string of the molecule is COc1cc(/C=C/C(=O)N(Cc2ccccc2)Cc2ccco2)ccc1OCc1c(C)noc1C. The topological polar surface area (TPSA) is 77.9 Å². The summed E-state index contributed by atoms with van der Waals surface area (Å²) in [5, 5.41) is 3.95. The summed E-state index contributed by atoms with van der Waals surface area (Å²) in [6.45, 7) is 4.91. The van der Waals surface area contributed by atoms with Crippen LogP contribution in [-0.4, -0.2) is 23.1 Å². The van der Waals surface area contributed by atoms with Gasteiger partial charge in [0.05, 0.1) is 31.2 Å². The molecule has 7 nitrogen and oxygen atoms in total. The highest BCUT2D eigenvalue weighted by atomic mass is 16.5. The Hall–Kier alpha value is -4.26. The maximum absolute atomic E-state index is 13.1. The van der Waals surface area contributed by atoms with Crippen LogP contribution < -0.4 is 9.47 Å². The van der Waals surface area contributed by atoms with Crippen LogP contribution in [-0.2, 0) is 24.5 Å². The number of methoxy groups -OCH3 is 1. The van der Waals surface area contributed by atoms with Crippen LogP contribution >= 0.6 is 0 Å². The Morgan fingerprint density at radius 2 is 1.86 bits per heavy atom. The number of carbonyl (C=O) groups excluding carboxylic acids is 1. The fraction of sp³-hybridized carbons (Fsp3) is 0.214. The first-order chi connectivity index (χ1) is 17.0. The first-order valence-corrected chi connectivity index (χ1v) is 11.3. The lowest BCUT2D eigenvalue weighted by Crippen LogP contribution is -2.28. The van der Waals surface area contributed by atoms with Gasteiger partial charge in [-0.15, -0.1) is 0 Å². The van der Waals surface area contributed by atoms with Crippen molar-refractivity contribution in [3.8, 4) is 11.5 Å². The van der Waals surface area contributed by atoms with Gasteiger partial charge in [0, 0.05) is 12.6 Å². The molecule has 4 rings (SSSR count). The van der Waals surface area contributed by atoms with Crippen LogP contribution in [0.2, 0.25) is 0 Å². The summed E-state index contributed by atoms with van der Waals surface area (Å²) in [5.74, 6) is 2.50. The summed E-state index contributed by atoms with van der Waals surface area (Å²) in [6.07, 6.45) is 4.94. The van der Waals surface area contributed by atoms with Crippen molar-refractivity contribution in [3.05, 3.63) is 107 Å². The Labute approximate surface area is 204 Å². The molecule has 2 aromatic heterocycles. The van der Waals surface area contributed by atoms with E-state index in [2.05, 4.69) is 5.16 Å². The molecule has 0 bridgehead atoms. The zero-order valence-corrected chi connectivity index (χ0v) is 20.1. The number of carbonyl (C=O) groups is 1. The van der Waals surface area contributed by atoms with Crippen LogP contribution in [0.1, 0.15) is 33.9 Å². The highest BCUT2D eigenvalue weighted by Gasteiger charge is 2.15. The van der Waals surface area contributed by atoms with Crippen molar-refractivity contribution in [3.63, 3.8) is 0 Å². The molecule has 35 heavy (non-hydrogen) atoms. The summed E-state index contributed by atoms with van der Waals surface area (Å²) < 4.78 is 22.1. The van der Waals surface area contributed by atoms with Gasteiger partial charge in [-0.25, -0.2) is 0 Å². The van der Waals surface area contributed by atoms with Crippen LogP contribution in [0.3, 0.4) is 0 Å². The molecule has 0 radical (unpaired) electrons. The number of aromatic nitrogens is 1. The zero-order chi connectivity index (χ0) is 24.6. The van der Waals surface area contributed by atoms with Gasteiger partial charge in [0.15, 0.2) is 11.5 Å². The number of amides is 1. The van der Waals surface area contributed by atoms with Crippen molar-refractivity contribution in [1.82, 2.24) is 10.1 Å². The highest BCUT2D eigenvalue weighted by Crippen LogP contribution is 2.30. The van der Waals surface area contributed by atoms with E-state index in [1.807, 2.05) is 74.5 Å². The number of benzene rings is 2. The van der Waals surface area contributed by atoms with Gasteiger partial charge in [-0.3, -0.25) is 4.79 Å². The Kier molecular flexibility index (Phi) is 7.67. The lowest BCUT2D eigenvalue weighted by molar-refractivity contribution is -0.127. The predicted molar refractivity (Wildman–Crippen MR) is 132 cm³/mol. The second-order valence-corrected chi connectivity index (χ2v) is 8.09. The molecular weight excluding hydrogens is 444 g/mol. The Bertz CT molecular complexity index is 1260. The third-order valence-electron chi connectivity index (χ3n) is 5.61. The summed E-state index contributed by atoms with van der Waals surface area (Å²) in [7, 11) is 1.59. The van der Waals surface area contributed by atoms with E-state index in [4.69, 9.17) is 18.4 Å². The normalized spacial score (nSPS) is 11.1. The first-order valence-electron chi connectivity index (χ1n) is 11.3. The van der Waals surface area contributed by atoms with Crippen LogP contribution in [0.4, 0.5) is 0 Å². The lowest BCUT2D eigenvalue weighted by Gasteiger charge is -2.20. The van der Waals surface area contributed by atoms with Gasteiger partial charge in [0.25, 0.3) is 0 Å². The molecule has 0 fully saturated rings. The molecule has 0 spiro atoms. The minimum Gasteiger partial charge on any atom is -0.493 e. The molecule has 1 amide bonds. The zero-order valence-electron chi connectivity index (χ0n) is 20.1. The number of furan rings is 1. The molecule has 0 unspecified atom stereocenters. The minimum absolute atomic E-state index is 0.122. The highest BCUT2D eigenvalue weighted by molar-refractivity contribution is 5.91. The predicted octanol–water partition coefficient (Wildman–Crippen LogP) is 5.71. The first kappa shape index (κ1) is 23.9. The molecule has 0 aliphatic rings.